The normalized spacial score (nSPS) is 19.7. The Balaban J connectivity index is 1.48. The number of benzene rings is 1. The molecule has 164 valence electrons. The number of unbranched alkanes of at least 4 members (excludes halogenated alkanes) is 2. The minimum Gasteiger partial charge on any atom is -0.384 e. The molecule has 0 saturated carbocycles. The van der Waals surface area contributed by atoms with Crippen LogP contribution in [-0.4, -0.2) is 38.1 Å². The van der Waals surface area contributed by atoms with Gasteiger partial charge in [0.15, 0.2) is 0 Å². The van der Waals surface area contributed by atoms with E-state index in [0.29, 0.717) is 35.7 Å². The van der Waals surface area contributed by atoms with E-state index in [1.54, 1.807) is 12.3 Å². The Morgan fingerprint density at radius 3 is 2.48 bits per heavy atom. The summed E-state index contributed by atoms with van der Waals surface area (Å²) in [5.41, 5.74) is 8.49. The lowest BCUT2D eigenvalue weighted by atomic mass is 9.97. The van der Waals surface area contributed by atoms with Crippen LogP contribution >= 0.6 is 0 Å². The van der Waals surface area contributed by atoms with Crippen molar-refractivity contribution in [3.8, 4) is 11.3 Å². The molecule has 6 heteroatoms. The number of aromatic nitrogens is 3. The largest absolute Gasteiger partial charge is 0.384 e. The van der Waals surface area contributed by atoms with Gasteiger partial charge < -0.3 is 10.3 Å². The lowest BCUT2D eigenvalue weighted by Gasteiger charge is -2.39. The molecule has 6 nitrogen and oxygen atoms in total. The number of nitrogens with zero attached hydrogens (tertiary/aromatic N) is 4. The molecule has 1 aromatic carbocycles. The minimum atomic E-state index is -0.0662. The molecule has 0 bridgehead atoms. The molecule has 0 amide bonds. The predicted molar refractivity (Wildman–Crippen MR) is 127 cm³/mol. The minimum absolute atomic E-state index is 0.0662. The van der Waals surface area contributed by atoms with Gasteiger partial charge in [-0.05, 0) is 70.3 Å². The molecule has 0 radical (unpaired) electrons. The van der Waals surface area contributed by atoms with Crippen LogP contribution in [0.1, 0.15) is 52.4 Å². The number of fused-ring (bicyclic) bond motifs is 1. The molecule has 31 heavy (non-hydrogen) atoms. The number of hydrogen-bond donors (Lipinski definition) is 1. The molecule has 1 fully saturated rings. The van der Waals surface area contributed by atoms with Gasteiger partial charge in [0.2, 0.25) is 0 Å². The summed E-state index contributed by atoms with van der Waals surface area (Å²) >= 11 is 0. The summed E-state index contributed by atoms with van der Waals surface area (Å²) in [5.74, 6) is 0.433. The Hall–Kier alpha value is -2.73. The van der Waals surface area contributed by atoms with E-state index in [1.165, 1.54) is 25.7 Å². The van der Waals surface area contributed by atoms with Gasteiger partial charge in [0.25, 0.3) is 5.56 Å². The molecule has 0 spiro atoms. The van der Waals surface area contributed by atoms with Gasteiger partial charge in [-0.1, -0.05) is 25.0 Å². The fraction of sp³-hybridized carbons (Fsp3) is 0.480. The van der Waals surface area contributed by atoms with E-state index in [4.69, 9.17) is 5.73 Å². The number of anilines is 1. The number of aryl methyl sites for hydroxylation is 1. The molecular formula is C25H33N5O. The number of nitrogens with two attached hydrogens (primary N) is 1. The van der Waals surface area contributed by atoms with Crippen LogP contribution < -0.4 is 11.3 Å². The van der Waals surface area contributed by atoms with Crippen LogP contribution in [0, 0.1) is 0 Å². The highest BCUT2D eigenvalue weighted by molar-refractivity contribution is 5.77. The van der Waals surface area contributed by atoms with Gasteiger partial charge in [0, 0.05) is 30.4 Å². The third-order valence-corrected chi connectivity index (χ3v) is 6.59. The fourth-order valence-electron chi connectivity index (χ4n) is 4.80. The maximum atomic E-state index is 13.3. The van der Waals surface area contributed by atoms with E-state index in [-0.39, 0.29) is 5.56 Å². The zero-order valence-electron chi connectivity index (χ0n) is 18.6. The molecular weight excluding hydrogens is 386 g/mol. The first kappa shape index (κ1) is 21.5. The van der Waals surface area contributed by atoms with Crippen LogP contribution in [0.5, 0.6) is 0 Å². The molecule has 3 heterocycles. The quantitative estimate of drug-likeness (QED) is 0.572. The van der Waals surface area contributed by atoms with Gasteiger partial charge in [-0.3, -0.25) is 9.69 Å². The van der Waals surface area contributed by atoms with E-state index in [1.807, 2.05) is 34.9 Å². The average Bonchev–Trinajstić information content (AvgIpc) is 2.77. The Morgan fingerprint density at radius 2 is 1.74 bits per heavy atom. The molecule has 1 aliphatic rings. The van der Waals surface area contributed by atoms with Gasteiger partial charge in [-0.2, -0.15) is 0 Å². The Bertz CT molecular complexity index is 1070. The zero-order chi connectivity index (χ0) is 21.8. The Labute approximate surface area is 184 Å². The van der Waals surface area contributed by atoms with Crippen LogP contribution in [0.15, 0.2) is 47.4 Å². The van der Waals surface area contributed by atoms with Crippen LogP contribution in [0.3, 0.4) is 0 Å². The topological polar surface area (TPSA) is 77.0 Å². The van der Waals surface area contributed by atoms with Crippen LogP contribution in [0.2, 0.25) is 0 Å². The van der Waals surface area contributed by atoms with Crippen LogP contribution in [0.4, 0.5) is 5.82 Å². The van der Waals surface area contributed by atoms with Gasteiger partial charge in [-0.25, -0.2) is 9.97 Å². The van der Waals surface area contributed by atoms with Crippen molar-refractivity contribution in [2.45, 2.75) is 71.0 Å². The maximum absolute atomic E-state index is 13.3. The smallest absolute Gasteiger partial charge is 0.277 e. The second-order valence-corrected chi connectivity index (χ2v) is 8.81. The molecule has 1 aliphatic heterocycles. The van der Waals surface area contributed by atoms with Gasteiger partial charge in [0.05, 0.1) is 11.0 Å². The highest BCUT2D eigenvalue weighted by atomic mass is 16.1. The molecule has 3 aromatic rings. The van der Waals surface area contributed by atoms with E-state index >= 15 is 0 Å². The van der Waals surface area contributed by atoms with Crippen LogP contribution in [-0.2, 0) is 6.54 Å². The van der Waals surface area contributed by atoms with E-state index < -0.39 is 0 Å². The summed E-state index contributed by atoms with van der Waals surface area (Å²) in [4.78, 5) is 24.7. The number of nitrogen functional groups attached to an aromatic ring is 1. The third-order valence-electron chi connectivity index (χ3n) is 6.59. The summed E-state index contributed by atoms with van der Waals surface area (Å²) in [7, 11) is 0. The number of para-hydroxylation sites is 2. The third kappa shape index (κ3) is 4.79. The summed E-state index contributed by atoms with van der Waals surface area (Å²) in [5, 5.41) is 0. The van der Waals surface area contributed by atoms with Crippen molar-refractivity contribution in [3.63, 3.8) is 0 Å². The lowest BCUT2D eigenvalue weighted by Crippen LogP contribution is -2.44. The number of piperidine rings is 1. The first-order chi connectivity index (χ1) is 15.0. The second kappa shape index (κ2) is 9.60. The molecule has 2 N–H and O–H groups in total. The van der Waals surface area contributed by atoms with Crippen molar-refractivity contribution in [3.05, 3.63) is 52.9 Å². The van der Waals surface area contributed by atoms with Crippen molar-refractivity contribution in [1.82, 2.24) is 19.4 Å². The summed E-state index contributed by atoms with van der Waals surface area (Å²) in [6.07, 6.45) is 8.85. The first-order valence-electron chi connectivity index (χ1n) is 11.5. The molecule has 2 atom stereocenters. The first-order valence-corrected chi connectivity index (χ1v) is 11.5. The number of pyridine rings is 1. The van der Waals surface area contributed by atoms with Gasteiger partial charge in [-0.15, -0.1) is 0 Å². The molecule has 4 rings (SSSR count). The number of likely N-dealkylation sites (tertiary alicyclic amines) is 1. The van der Waals surface area contributed by atoms with E-state index in [9.17, 15) is 4.79 Å². The Morgan fingerprint density at radius 1 is 1.00 bits per heavy atom. The molecule has 1 saturated heterocycles. The molecule has 2 unspecified atom stereocenters. The second-order valence-electron chi connectivity index (χ2n) is 8.81. The molecule has 0 aliphatic carbocycles. The van der Waals surface area contributed by atoms with Crippen molar-refractivity contribution in [1.29, 1.82) is 0 Å². The van der Waals surface area contributed by atoms with E-state index in [2.05, 4.69) is 28.7 Å². The number of hydrogen-bond acceptors (Lipinski definition) is 5. The van der Waals surface area contributed by atoms with Crippen molar-refractivity contribution in [2.75, 3.05) is 12.3 Å². The molecule has 2 aromatic heterocycles. The van der Waals surface area contributed by atoms with Gasteiger partial charge >= 0.3 is 0 Å². The van der Waals surface area contributed by atoms with E-state index in [0.717, 1.165) is 30.4 Å². The maximum Gasteiger partial charge on any atom is 0.277 e. The highest BCUT2D eigenvalue weighted by Gasteiger charge is 2.23. The summed E-state index contributed by atoms with van der Waals surface area (Å²) in [6.45, 7) is 6.55. The fourth-order valence-corrected chi connectivity index (χ4v) is 4.80. The van der Waals surface area contributed by atoms with Crippen molar-refractivity contribution in [2.24, 2.45) is 0 Å². The summed E-state index contributed by atoms with van der Waals surface area (Å²) in [6, 6.07) is 12.7. The summed E-state index contributed by atoms with van der Waals surface area (Å²) < 4.78 is 1.88. The van der Waals surface area contributed by atoms with Crippen molar-refractivity contribution >= 4 is 16.9 Å². The average molecular weight is 420 g/mol. The number of rotatable bonds is 7. The lowest BCUT2D eigenvalue weighted by molar-refractivity contribution is 0.101. The Kier molecular flexibility index (Phi) is 6.66. The zero-order valence-corrected chi connectivity index (χ0v) is 18.6. The van der Waals surface area contributed by atoms with Gasteiger partial charge in [0.1, 0.15) is 11.5 Å². The standard InChI is InChI=1S/C25H33N5O/c1-18-9-8-10-19(2)29(18)15-6-3-7-16-30-22-12-5-4-11-21(22)28-24(25(30)31)20-13-14-23(26)27-17-20/h4-5,11-14,17-19H,3,6-10,15-16H2,1-2H3,(H2,26,27). The van der Waals surface area contributed by atoms with Crippen LogP contribution in [0.25, 0.3) is 22.3 Å². The SMILES string of the molecule is CC1CCCC(C)N1CCCCCn1c(=O)c(-c2ccc(N)nc2)nc2ccccc21. The predicted octanol–water partition coefficient (Wildman–Crippen LogP) is 4.47. The monoisotopic (exact) mass is 419 g/mol. The highest BCUT2D eigenvalue weighted by Crippen LogP contribution is 2.23. The van der Waals surface area contributed by atoms with Crippen molar-refractivity contribution < 1.29 is 0 Å².